The number of thioether (sulfide) groups is 1. The molecule has 1 saturated heterocycles. The third-order valence-electron chi connectivity index (χ3n) is 3.38. The SMILES string of the molecule is CCSCCCN1C(=O)NC(C)(c2ccc(C)o2)C1=O. The normalized spacial score (nSPS) is 22.4. The summed E-state index contributed by atoms with van der Waals surface area (Å²) in [6, 6.07) is 3.19. The highest BCUT2D eigenvalue weighted by Crippen LogP contribution is 2.30. The fraction of sp³-hybridized carbons (Fsp3) is 0.571. The number of nitrogens with one attached hydrogen (secondary N) is 1. The van der Waals surface area contributed by atoms with Crippen molar-refractivity contribution in [2.24, 2.45) is 0 Å². The molecule has 0 aromatic carbocycles. The number of nitrogens with zero attached hydrogens (tertiary/aromatic N) is 1. The number of hydrogen-bond donors (Lipinski definition) is 1. The van der Waals surface area contributed by atoms with Crippen LogP contribution in [0, 0.1) is 6.92 Å². The van der Waals surface area contributed by atoms with Gasteiger partial charge < -0.3 is 9.73 Å². The molecule has 2 heterocycles. The first-order valence-corrected chi connectivity index (χ1v) is 7.93. The largest absolute Gasteiger partial charge is 0.463 e. The van der Waals surface area contributed by atoms with Crippen molar-refractivity contribution in [2.75, 3.05) is 18.1 Å². The van der Waals surface area contributed by atoms with E-state index < -0.39 is 5.54 Å². The van der Waals surface area contributed by atoms with Gasteiger partial charge in [0.15, 0.2) is 5.54 Å². The zero-order valence-corrected chi connectivity index (χ0v) is 12.9. The Bertz CT molecular complexity index is 514. The molecule has 20 heavy (non-hydrogen) atoms. The van der Waals surface area contributed by atoms with Crippen molar-refractivity contribution >= 4 is 23.7 Å². The van der Waals surface area contributed by atoms with Crippen LogP contribution in [0.4, 0.5) is 4.79 Å². The van der Waals surface area contributed by atoms with E-state index in [1.165, 1.54) is 4.90 Å². The van der Waals surface area contributed by atoms with E-state index in [4.69, 9.17) is 4.42 Å². The molecular formula is C14H20N2O3S. The quantitative estimate of drug-likeness (QED) is 0.647. The summed E-state index contributed by atoms with van der Waals surface area (Å²) < 4.78 is 5.51. The van der Waals surface area contributed by atoms with Gasteiger partial charge in [-0.25, -0.2) is 4.79 Å². The second-order valence-electron chi connectivity index (χ2n) is 4.97. The average molecular weight is 296 g/mol. The number of furan rings is 1. The Hall–Kier alpha value is -1.43. The van der Waals surface area contributed by atoms with Gasteiger partial charge in [-0.05, 0) is 43.9 Å². The van der Waals surface area contributed by atoms with Crippen LogP contribution in [0.2, 0.25) is 0 Å². The molecule has 0 radical (unpaired) electrons. The van der Waals surface area contributed by atoms with E-state index in [0.717, 1.165) is 23.7 Å². The maximum atomic E-state index is 12.5. The van der Waals surface area contributed by atoms with Gasteiger partial charge in [0.25, 0.3) is 5.91 Å². The topological polar surface area (TPSA) is 62.6 Å². The minimum atomic E-state index is -1.08. The van der Waals surface area contributed by atoms with Crippen LogP contribution in [0.3, 0.4) is 0 Å². The van der Waals surface area contributed by atoms with Crippen molar-refractivity contribution in [3.63, 3.8) is 0 Å². The molecule has 110 valence electrons. The number of urea groups is 1. The molecule has 1 unspecified atom stereocenters. The standard InChI is InChI=1S/C14H20N2O3S/c1-4-20-9-5-8-16-12(17)14(3,15-13(16)18)11-7-6-10(2)19-11/h6-7H,4-5,8-9H2,1-3H3,(H,15,18). The zero-order valence-electron chi connectivity index (χ0n) is 12.1. The minimum absolute atomic E-state index is 0.238. The van der Waals surface area contributed by atoms with Gasteiger partial charge in [-0.1, -0.05) is 6.92 Å². The van der Waals surface area contributed by atoms with Crippen LogP contribution in [0.1, 0.15) is 31.8 Å². The fourth-order valence-electron chi connectivity index (χ4n) is 2.24. The van der Waals surface area contributed by atoms with Crippen molar-refractivity contribution in [3.05, 3.63) is 23.7 Å². The summed E-state index contributed by atoms with van der Waals surface area (Å²) in [5.41, 5.74) is -1.08. The number of carbonyl (C=O) groups excluding carboxylic acids is 2. The van der Waals surface area contributed by atoms with Gasteiger partial charge >= 0.3 is 6.03 Å². The Morgan fingerprint density at radius 3 is 2.75 bits per heavy atom. The summed E-state index contributed by atoms with van der Waals surface area (Å²) in [4.78, 5) is 25.8. The molecule has 1 aliphatic rings. The molecule has 1 atom stereocenters. The van der Waals surface area contributed by atoms with E-state index in [0.29, 0.717) is 12.3 Å². The van der Waals surface area contributed by atoms with Gasteiger partial charge in [0.2, 0.25) is 0 Å². The Balaban J connectivity index is 2.08. The van der Waals surface area contributed by atoms with Gasteiger partial charge in [-0.15, -0.1) is 0 Å². The van der Waals surface area contributed by atoms with Gasteiger partial charge in [-0.3, -0.25) is 9.69 Å². The Kier molecular flexibility index (Phi) is 4.42. The summed E-state index contributed by atoms with van der Waals surface area (Å²) >= 11 is 1.81. The van der Waals surface area contributed by atoms with Crippen LogP contribution in [-0.4, -0.2) is 34.9 Å². The van der Waals surface area contributed by atoms with Crippen molar-refractivity contribution in [3.8, 4) is 0 Å². The van der Waals surface area contributed by atoms with Crippen molar-refractivity contribution in [1.29, 1.82) is 0 Å². The summed E-state index contributed by atoms with van der Waals surface area (Å²) in [6.07, 6.45) is 0.810. The van der Waals surface area contributed by atoms with Crippen LogP contribution < -0.4 is 5.32 Å². The Morgan fingerprint density at radius 1 is 1.40 bits per heavy atom. The molecule has 5 nitrogen and oxygen atoms in total. The average Bonchev–Trinajstić information content (AvgIpc) is 2.92. The lowest BCUT2D eigenvalue weighted by atomic mass is 9.99. The first-order chi connectivity index (χ1) is 9.49. The van der Waals surface area contributed by atoms with Crippen LogP contribution in [-0.2, 0) is 10.3 Å². The van der Waals surface area contributed by atoms with E-state index in [9.17, 15) is 9.59 Å². The predicted octanol–water partition coefficient (Wildman–Crippen LogP) is 2.50. The second kappa shape index (κ2) is 5.91. The fourth-order valence-corrected chi connectivity index (χ4v) is 2.86. The Labute approximate surface area is 123 Å². The third kappa shape index (κ3) is 2.70. The summed E-state index contributed by atoms with van der Waals surface area (Å²) in [7, 11) is 0. The van der Waals surface area contributed by atoms with Gasteiger partial charge in [0.1, 0.15) is 11.5 Å². The number of aryl methyl sites for hydroxylation is 1. The van der Waals surface area contributed by atoms with Gasteiger partial charge in [-0.2, -0.15) is 11.8 Å². The lowest BCUT2D eigenvalue weighted by Crippen LogP contribution is -2.40. The second-order valence-corrected chi connectivity index (χ2v) is 6.37. The first-order valence-electron chi connectivity index (χ1n) is 6.78. The summed E-state index contributed by atoms with van der Waals surface area (Å²) in [6.45, 7) is 6.04. The number of hydrogen-bond acceptors (Lipinski definition) is 4. The van der Waals surface area contributed by atoms with Crippen LogP contribution in [0.15, 0.2) is 16.5 Å². The number of carbonyl (C=O) groups is 2. The highest BCUT2D eigenvalue weighted by molar-refractivity contribution is 7.99. The van der Waals surface area contributed by atoms with E-state index >= 15 is 0 Å². The summed E-state index contributed by atoms with van der Waals surface area (Å²) in [5, 5.41) is 2.74. The van der Waals surface area contributed by atoms with Crippen molar-refractivity contribution in [2.45, 2.75) is 32.7 Å². The molecule has 3 amide bonds. The highest BCUT2D eigenvalue weighted by atomic mass is 32.2. The van der Waals surface area contributed by atoms with Crippen molar-refractivity contribution in [1.82, 2.24) is 10.2 Å². The lowest BCUT2D eigenvalue weighted by molar-refractivity contribution is -0.131. The van der Waals surface area contributed by atoms with Crippen LogP contribution in [0.25, 0.3) is 0 Å². The molecular weight excluding hydrogens is 276 g/mol. The highest BCUT2D eigenvalue weighted by Gasteiger charge is 2.50. The molecule has 1 N–H and O–H groups in total. The zero-order chi connectivity index (χ0) is 14.8. The molecule has 1 aromatic heterocycles. The van der Waals surface area contributed by atoms with Gasteiger partial charge in [0, 0.05) is 6.54 Å². The lowest BCUT2D eigenvalue weighted by Gasteiger charge is -2.19. The molecule has 0 aliphatic carbocycles. The molecule has 0 bridgehead atoms. The van der Waals surface area contributed by atoms with Crippen LogP contribution in [0.5, 0.6) is 0 Å². The monoisotopic (exact) mass is 296 g/mol. The number of amides is 3. The van der Waals surface area contributed by atoms with E-state index in [2.05, 4.69) is 12.2 Å². The number of rotatable bonds is 6. The first kappa shape index (κ1) is 15.0. The van der Waals surface area contributed by atoms with Crippen molar-refractivity contribution < 1.29 is 14.0 Å². The predicted molar refractivity (Wildman–Crippen MR) is 78.7 cm³/mol. The number of imide groups is 1. The van der Waals surface area contributed by atoms with E-state index in [-0.39, 0.29) is 11.9 Å². The molecule has 0 saturated carbocycles. The molecule has 6 heteroatoms. The Morgan fingerprint density at radius 2 is 2.15 bits per heavy atom. The maximum absolute atomic E-state index is 12.5. The molecule has 1 fully saturated rings. The minimum Gasteiger partial charge on any atom is -0.463 e. The summed E-state index contributed by atoms with van der Waals surface area (Å²) in [5.74, 6) is 2.96. The van der Waals surface area contributed by atoms with Crippen LogP contribution >= 0.6 is 11.8 Å². The smallest absolute Gasteiger partial charge is 0.325 e. The van der Waals surface area contributed by atoms with E-state index in [1.807, 2.05) is 6.92 Å². The maximum Gasteiger partial charge on any atom is 0.325 e. The van der Waals surface area contributed by atoms with Gasteiger partial charge in [0.05, 0.1) is 0 Å². The molecule has 1 aliphatic heterocycles. The third-order valence-corrected chi connectivity index (χ3v) is 4.37. The molecule has 2 rings (SSSR count). The molecule has 1 aromatic rings. The molecule has 0 spiro atoms. The van der Waals surface area contributed by atoms with E-state index in [1.54, 1.807) is 30.8 Å².